The lowest BCUT2D eigenvalue weighted by atomic mass is 10.3. The molecule has 0 saturated heterocycles. The van der Waals surface area contributed by atoms with Crippen LogP contribution in [0.4, 0.5) is 0 Å². The van der Waals surface area contributed by atoms with Gasteiger partial charge in [-0.15, -0.1) is 16.4 Å². The van der Waals surface area contributed by atoms with E-state index >= 15 is 0 Å². The van der Waals surface area contributed by atoms with Gasteiger partial charge in [-0.3, -0.25) is 4.68 Å². The zero-order valence-electron chi connectivity index (χ0n) is 12.3. The van der Waals surface area contributed by atoms with E-state index in [-0.39, 0.29) is 11.5 Å². The quantitative estimate of drug-likeness (QED) is 0.742. The molecule has 0 aliphatic carbocycles. The van der Waals surface area contributed by atoms with Gasteiger partial charge in [0.1, 0.15) is 0 Å². The molecule has 2 rings (SSSR count). The number of nitrogens with zero attached hydrogens (tertiary/aromatic N) is 4. The molecule has 0 unspecified atom stereocenters. The molecular weight excluding hydrogens is 308 g/mol. The Morgan fingerprint density at radius 2 is 2.00 bits per heavy atom. The number of aryl methyl sites for hydroxylation is 2. The number of sulfone groups is 1. The highest BCUT2D eigenvalue weighted by Gasteiger charge is 2.17. The molecule has 0 aromatic carbocycles. The van der Waals surface area contributed by atoms with Crippen LogP contribution in [-0.2, 0) is 34.3 Å². The lowest BCUT2D eigenvalue weighted by Crippen LogP contribution is -2.08. The summed E-state index contributed by atoms with van der Waals surface area (Å²) in [7, 11) is -3.26. The maximum absolute atomic E-state index is 12.2. The predicted octanol–water partition coefficient (Wildman–Crippen LogP) is 2.21. The minimum Gasteiger partial charge on any atom is -0.253 e. The molecule has 8 heteroatoms. The first kappa shape index (κ1) is 16.1. The summed E-state index contributed by atoms with van der Waals surface area (Å²) in [5.41, 5.74) is 1.12. The summed E-state index contributed by atoms with van der Waals surface area (Å²) in [4.78, 5) is 4.39. The van der Waals surface area contributed by atoms with Crippen molar-refractivity contribution < 1.29 is 8.42 Å². The van der Waals surface area contributed by atoms with E-state index in [0.29, 0.717) is 17.9 Å². The largest absolute Gasteiger partial charge is 0.253 e. The van der Waals surface area contributed by atoms with Gasteiger partial charge >= 0.3 is 0 Å². The second-order valence-electron chi connectivity index (χ2n) is 4.93. The second kappa shape index (κ2) is 7.13. The third-order valence-electron chi connectivity index (χ3n) is 2.99. The van der Waals surface area contributed by atoms with Crippen molar-refractivity contribution in [2.45, 2.75) is 51.2 Å². The van der Waals surface area contributed by atoms with Crippen molar-refractivity contribution in [2.75, 3.05) is 0 Å². The average Bonchev–Trinajstić information content (AvgIpc) is 3.04. The zero-order chi connectivity index (χ0) is 15.3. The molecule has 6 nitrogen and oxygen atoms in total. The van der Waals surface area contributed by atoms with Crippen molar-refractivity contribution >= 4 is 21.2 Å². The molecular formula is C13H20N4O2S2. The smallest absolute Gasteiger partial charge is 0.161 e. The van der Waals surface area contributed by atoms with Crippen LogP contribution in [0.5, 0.6) is 0 Å². The Morgan fingerprint density at radius 3 is 2.67 bits per heavy atom. The van der Waals surface area contributed by atoms with Crippen molar-refractivity contribution in [3.05, 3.63) is 28.0 Å². The maximum Gasteiger partial charge on any atom is 0.161 e. The van der Waals surface area contributed by atoms with E-state index in [1.807, 2.05) is 12.3 Å². The molecule has 21 heavy (non-hydrogen) atoms. The predicted molar refractivity (Wildman–Crippen MR) is 82.7 cm³/mol. The molecule has 2 aromatic heterocycles. The van der Waals surface area contributed by atoms with Gasteiger partial charge in [0.2, 0.25) is 0 Å². The fourth-order valence-electron chi connectivity index (χ4n) is 1.92. The summed E-state index contributed by atoms with van der Waals surface area (Å²) in [6.45, 7) is 4.74. The molecule has 2 aromatic rings. The van der Waals surface area contributed by atoms with Crippen LogP contribution in [0.1, 0.15) is 43.1 Å². The standard InChI is InChI=1S/C13H20N4O2S2/c1-3-5-6-13-14-12(8-20-13)10-21(18,19)9-11-7-17(4-2)16-15-11/h7-8H,3-6,9-10H2,1-2H3. The molecule has 0 aliphatic heterocycles. The molecule has 116 valence electrons. The minimum absolute atomic E-state index is 0.0331. The van der Waals surface area contributed by atoms with Gasteiger partial charge in [-0.2, -0.15) is 0 Å². The molecule has 0 bridgehead atoms. The molecule has 0 spiro atoms. The molecule has 2 heterocycles. The van der Waals surface area contributed by atoms with Crippen molar-refractivity contribution in [3.63, 3.8) is 0 Å². The normalized spacial score (nSPS) is 11.9. The van der Waals surface area contributed by atoms with Gasteiger partial charge in [0.15, 0.2) is 9.84 Å². The lowest BCUT2D eigenvalue weighted by Gasteiger charge is -1.99. The summed E-state index contributed by atoms with van der Waals surface area (Å²) in [5.74, 6) is -0.122. The van der Waals surface area contributed by atoms with E-state index in [2.05, 4.69) is 22.2 Å². The van der Waals surface area contributed by atoms with Crippen molar-refractivity contribution in [3.8, 4) is 0 Å². The van der Waals surface area contributed by atoms with Gasteiger partial charge in [0.05, 0.1) is 27.9 Å². The van der Waals surface area contributed by atoms with Gasteiger partial charge in [-0.1, -0.05) is 18.6 Å². The molecule has 0 atom stereocenters. The molecule has 0 aliphatic rings. The van der Waals surface area contributed by atoms with Gasteiger partial charge in [0, 0.05) is 18.1 Å². The van der Waals surface area contributed by atoms with Gasteiger partial charge in [-0.25, -0.2) is 13.4 Å². The summed E-state index contributed by atoms with van der Waals surface area (Å²) in [5, 5.41) is 10.6. The topological polar surface area (TPSA) is 77.7 Å². The summed E-state index contributed by atoms with van der Waals surface area (Å²) in [6, 6.07) is 0. The number of hydrogen-bond acceptors (Lipinski definition) is 6. The van der Waals surface area contributed by atoms with Gasteiger partial charge < -0.3 is 0 Å². The Morgan fingerprint density at radius 1 is 1.24 bits per heavy atom. The first-order chi connectivity index (χ1) is 10.0. The van der Waals surface area contributed by atoms with Gasteiger partial charge in [-0.05, 0) is 19.8 Å². The van der Waals surface area contributed by atoms with Crippen LogP contribution >= 0.6 is 11.3 Å². The summed E-state index contributed by atoms with van der Waals surface area (Å²) in [6.07, 6.45) is 4.79. The molecule has 0 radical (unpaired) electrons. The number of thiazole rings is 1. The van der Waals surface area contributed by atoms with E-state index in [1.54, 1.807) is 10.9 Å². The van der Waals surface area contributed by atoms with Crippen LogP contribution in [0, 0.1) is 0 Å². The Kier molecular flexibility index (Phi) is 5.46. The van der Waals surface area contributed by atoms with Crippen LogP contribution in [0.3, 0.4) is 0 Å². The third kappa shape index (κ3) is 4.89. The molecule has 0 N–H and O–H groups in total. The Bertz CT molecular complexity index is 676. The highest BCUT2D eigenvalue weighted by molar-refractivity contribution is 7.89. The van der Waals surface area contributed by atoms with E-state index in [4.69, 9.17) is 0 Å². The number of rotatable bonds is 8. The van der Waals surface area contributed by atoms with E-state index in [0.717, 1.165) is 24.3 Å². The van der Waals surface area contributed by atoms with Crippen LogP contribution in [0.25, 0.3) is 0 Å². The van der Waals surface area contributed by atoms with Crippen LogP contribution in [-0.4, -0.2) is 28.4 Å². The number of aromatic nitrogens is 4. The highest BCUT2D eigenvalue weighted by Crippen LogP contribution is 2.16. The number of hydrogen-bond donors (Lipinski definition) is 0. The monoisotopic (exact) mass is 328 g/mol. The molecule has 0 amide bonds. The maximum atomic E-state index is 12.2. The van der Waals surface area contributed by atoms with Crippen molar-refractivity contribution in [2.24, 2.45) is 0 Å². The number of unbranched alkanes of at least 4 members (excludes halogenated alkanes) is 1. The fraction of sp³-hybridized carbons (Fsp3) is 0.615. The highest BCUT2D eigenvalue weighted by atomic mass is 32.2. The second-order valence-corrected chi connectivity index (χ2v) is 7.94. The summed E-state index contributed by atoms with van der Waals surface area (Å²) >= 11 is 1.54. The summed E-state index contributed by atoms with van der Waals surface area (Å²) < 4.78 is 26.0. The minimum atomic E-state index is -3.26. The Balaban J connectivity index is 1.98. The first-order valence-electron chi connectivity index (χ1n) is 7.05. The van der Waals surface area contributed by atoms with Crippen LogP contribution in [0.15, 0.2) is 11.6 Å². The molecule has 0 fully saturated rings. The van der Waals surface area contributed by atoms with Crippen LogP contribution in [0.2, 0.25) is 0 Å². The third-order valence-corrected chi connectivity index (χ3v) is 5.42. The van der Waals surface area contributed by atoms with E-state index in [9.17, 15) is 8.42 Å². The fourth-order valence-corrected chi connectivity index (χ4v) is 4.15. The van der Waals surface area contributed by atoms with Crippen molar-refractivity contribution in [1.82, 2.24) is 20.0 Å². The lowest BCUT2D eigenvalue weighted by molar-refractivity contribution is 0.593. The zero-order valence-corrected chi connectivity index (χ0v) is 14.0. The van der Waals surface area contributed by atoms with Gasteiger partial charge in [0.25, 0.3) is 0 Å². The SMILES string of the molecule is CCCCc1nc(CS(=O)(=O)Cc2cn(CC)nn2)cs1. The van der Waals surface area contributed by atoms with Crippen LogP contribution < -0.4 is 0 Å². The molecule has 0 saturated carbocycles. The van der Waals surface area contributed by atoms with E-state index in [1.165, 1.54) is 11.3 Å². The Labute approximate surface area is 129 Å². The first-order valence-corrected chi connectivity index (χ1v) is 9.75. The Hall–Kier alpha value is -1.28. The van der Waals surface area contributed by atoms with Crippen molar-refractivity contribution in [1.29, 1.82) is 0 Å². The van der Waals surface area contributed by atoms with E-state index < -0.39 is 9.84 Å². The average molecular weight is 328 g/mol.